The molecule has 5 aromatic rings. The highest BCUT2D eigenvalue weighted by Crippen LogP contribution is 2.45. The summed E-state index contributed by atoms with van der Waals surface area (Å²) in [5.74, 6) is -0.968. The van der Waals surface area contributed by atoms with E-state index in [9.17, 15) is 18.0 Å². The Hall–Kier alpha value is -4.73. The first kappa shape index (κ1) is 25.5. The number of para-hydroxylation sites is 1. The number of hydrazine groups is 1. The quantitative estimate of drug-likeness (QED) is 0.255. The molecule has 0 spiro atoms. The van der Waals surface area contributed by atoms with Crippen molar-refractivity contribution in [2.75, 3.05) is 6.54 Å². The molecule has 200 valence electrons. The molecule has 0 bridgehead atoms. The molecule has 0 saturated carbocycles. The smallest absolute Gasteiger partial charge is 0.257 e. The zero-order valence-electron chi connectivity index (χ0n) is 21.6. The summed E-state index contributed by atoms with van der Waals surface area (Å²) >= 11 is 0. The Bertz CT molecular complexity index is 1850. The molecule has 2 heterocycles. The van der Waals surface area contributed by atoms with Crippen LogP contribution in [-0.2, 0) is 14.8 Å². The van der Waals surface area contributed by atoms with E-state index in [0.717, 1.165) is 38.9 Å². The number of carbonyl (C=O) groups excluding carboxylic acids is 2. The monoisotopic (exact) mass is 550 g/mol. The Balaban J connectivity index is 1.37. The fourth-order valence-electron chi connectivity index (χ4n) is 5.22. The molecule has 0 saturated heterocycles. The highest BCUT2D eigenvalue weighted by atomic mass is 32.2. The van der Waals surface area contributed by atoms with E-state index in [2.05, 4.69) is 15.2 Å². The summed E-state index contributed by atoms with van der Waals surface area (Å²) in [5, 5.41) is 0.932. The van der Waals surface area contributed by atoms with Gasteiger partial charge in [0.15, 0.2) is 0 Å². The number of fused-ring (bicyclic) bond motifs is 2. The van der Waals surface area contributed by atoms with E-state index in [-0.39, 0.29) is 17.3 Å². The van der Waals surface area contributed by atoms with E-state index < -0.39 is 22.0 Å². The number of carbonyl (C=O) groups is 2. The summed E-state index contributed by atoms with van der Waals surface area (Å²) in [6, 6.07) is 30.7. The van der Waals surface area contributed by atoms with Crippen LogP contribution in [0.15, 0.2) is 108 Å². The van der Waals surface area contributed by atoms with Crippen LogP contribution in [0.25, 0.3) is 22.2 Å². The molecular formula is C31H26N4O4S. The lowest BCUT2D eigenvalue weighted by Gasteiger charge is -2.26. The third-order valence-corrected chi connectivity index (χ3v) is 8.37. The molecule has 1 aromatic heterocycles. The van der Waals surface area contributed by atoms with Crippen molar-refractivity contribution in [3.63, 3.8) is 0 Å². The molecule has 40 heavy (non-hydrogen) atoms. The minimum atomic E-state index is -3.99. The number of benzene rings is 4. The molecule has 0 aliphatic carbocycles. The van der Waals surface area contributed by atoms with Crippen LogP contribution in [0.2, 0.25) is 0 Å². The standard InChI is InChI=1S/C31H26N4O4S/c1-20-15-17-22(18-16-20)40(38,39)34-33-27(36)19-35-30(23-11-5-6-12-24(23)31(35)37)28-25-13-7-8-14-26(25)32-29(28)21-9-3-2-4-10-21/h2-18,30,32,34H,19H2,1H3,(H,33,36). The molecule has 0 fully saturated rings. The zero-order chi connectivity index (χ0) is 27.9. The second-order valence-electron chi connectivity index (χ2n) is 9.71. The average molecular weight is 551 g/mol. The summed E-state index contributed by atoms with van der Waals surface area (Å²) in [4.78, 5) is 34.0. The SMILES string of the molecule is Cc1ccc(S(=O)(=O)NNC(=O)CN2C(=O)c3ccccc3C2c2c(-c3ccccc3)[nH]c3ccccc23)cc1. The Morgan fingerprint density at radius 2 is 1.55 bits per heavy atom. The predicted molar refractivity (Wildman–Crippen MR) is 153 cm³/mol. The van der Waals surface area contributed by atoms with Crippen molar-refractivity contribution in [3.8, 4) is 11.3 Å². The van der Waals surface area contributed by atoms with Crippen LogP contribution in [0.3, 0.4) is 0 Å². The number of rotatable bonds is 7. The molecule has 0 radical (unpaired) electrons. The lowest BCUT2D eigenvalue weighted by Crippen LogP contribution is -2.47. The van der Waals surface area contributed by atoms with Gasteiger partial charge in [-0.05, 0) is 42.3 Å². The first-order valence-electron chi connectivity index (χ1n) is 12.8. The van der Waals surface area contributed by atoms with E-state index in [1.54, 1.807) is 24.3 Å². The van der Waals surface area contributed by atoms with Crippen molar-refractivity contribution in [1.29, 1.82) is 0 Å². The van der Waals surface area contributed by atoms with Gasteiger partial charge in [-0.1, -0.05) is 84.4 Å². The van der Waals surface area contributed by atoms with Crippen LogP contribution in [0.1, 0.15) is 33.1 Å². The third-order valence-electron chi connectivity index (χ3n) is 7.11. The average Bonchev–Trinajstić information content (AvgIpc) is 3.48. The molecule has 3 N–H and O–H groups in total. The van der Waals surface area contributed by atoms with Crippen LogP contribution in [-0.4, -0.2) is 36.7 Å². The largest absolute Gasteiger partial charge is 0.354 e. The summed E-state index contributed by atoms with van der Waals surface area (Å²) in [7, 11) is -3.99. The molecule has 9 heteroatoms. The minimum absolute atomic E-state index is 0.0206. The number of nitrogens with zero attached hydrogens (tertiary/aromatic N) is 1. The number of aromatic nitrogens is 1. The number of amides is 2. The number of nitrogens with one attached hydrogen (secondary N) is 3. The highest BCUT2D eigenvalue weighted by Gasteiger charge is 2.41. The number of aryl methyl sites for hydroxylation is 1. The molecule has 6 rings (SSSR count). The van der Waals surface area contributed by atoms with Crippen molar-refractivity contribution < 1.29 is 18.0 Å². The lowest BCUT2D eigenvalue weighted by molar-refractivity contribution is -0.122. The van der Waals surface area contributed by atoms with Gasteiger partial charge in [-0.2, -0.15) is 0 Å². The van der Waals surface area contributed by atoms with Crippen molar-refractivity contribution in [1.82, 2.24) is 20.1 Å². The van der Waals surface area contributed by atoms with Gasteiger partial charge < -0.3 is 9.88 Å². The fraction of sp³-hybridized carbons (Fsp3) is 0.0968. The predicted octanol–water partition coefficient (Wildman–Crippen LogP) is 4.70. The zero-order valence-corrected chi connectivity index (χ0v) is 22.4. The molecule has 1 unspecified atom stereocenters. The normalized spacial score (nSPS) is 14.9. The Labute approximate surface area is 231 Å². The molecule has 2 amide bonds. The summed E-state index contributed by atoms with van der Waals surface area (Å²) in [6.07, 6.45) is 0. The van der Waals surface area contributed by atoms with E-state index in [4.69, 9.17) is 0 Å². The fourth-order valence-corrected chi connectivity index (χ4v) is 6.08. The highest BCUT2D eigenvalue weighted by molar-refractivity contribution is 7.89. The van der Waals surface area contributed by atoms with E-state index in [0.29, 0.717) is 5.56 Å². The van der Waals surface area contributed by atoms with Crippen LogP contribution in [0.4, 0.5) is 0 Å². The number of aromatic amines is 1. The molecule has 1 atom stereocenters. The Morgan fingerprint density at radius 3 is 2.33 bits per heavy atom. The molecule has 1 aliphatic heterocycles. The van der Waals surface area contributed by atoms with Gasteiger partial charge >= 0.3 is 0 Å². The maximum atomic E-state index is 13.7. The van der Waals surface area contributed by atoms with Crippen LogP contribution < -0.4 is 10.3 Å². The first-order chi connectivity index (χ1) is 19.3. The van der Waals surface area contributed by atoms with Crippen molar-refractivity contribution >= 4 is 32.7 Å². The van der Waals surface area contributed by atoms with Gasteiger partial charge in [0, 0.05) is 22.0 Å². The Kier molecular flexibility index (Phi) is 6.45. The van der Waals surface area contributed by atoms with Gasteiger partial charge in [-0.15, -0.1) is 4.83 Å². The van der Waals surface area contributed by atoms with Crippen LogP contribution >= 0.6 is 0 Å². The van der Waals surface area contributed by atoms with Crippen molar-refractivity contribution in [3.05, 3.63) is 125 Å². The summed E-state index contributed by atoms with van der Waals surface area (Å²) in [5.41, 5.74) is 8.04. The summed E-state index contributed by atoms with van der Waals surface area (Å²) < 4.78 is 25.4. The maximum absolute atomic E-state index is 13.7. The number of hydrogen-bond donors (Lipinski definition) is 3. The van der Waals surface area contributed by atoms with Gasteiger partial charge in [-0.3, -0.25) is 15.0 Å². The molecule has 8 nitrogen and oxygen atoms in total. The number of sulfonamides is 1. The van der Waals surface area contributed by atoms with Crippen molar-refractivity contribution in [2.24, 2.45) is 0 Å². The van der Waals surface area contributed by atoms with Gasteiger partial charge in [0.25, 0.3) is 21.8 Å². The molecular weight excluding hydrogens is 524 g/mol. The lowest BCUT2D eigenvalue weighted by atomic mass is 9.93. The summed E-state index contributed by atoms with van der Waals surface area (Å²) in [6.45, 7) is 1.49. The van der Waals surface area contributed by atoms with Crippen molar-refractivity contribution in [2.45, 2.75) is 17.9 Å². The third kappa shape index (κ3) is 4.55. The maximum Gasteiger partial charge on any atom is 0.257 e. The van der Waals surface area contributed by atoms with E-state index >= 15 is 0 Å². The molecule has 1 aliphatic rings. The number of H-pyrrole nitrogens is 1. The topological polar surface area (TPSA) is 111 Å². The Morgan fingerprint density at radius 1 is 0.875 bits per heavy atom. The second kappa shape index (κ2) is 10.1. The molecule has 4 aromatic carbocycles. The first-order valence-corrected chi connectivity index (χ1v) is 14.2. The minimum Gasteiger partial charge on any atom is -0.354 e. The van der Waals surface area contributed by atoms with Gasteiger partial charge in [0.05, 0.1) is 16.6 Å². The van der Waals surface area contributed by atoms with E-state index in [1.807, 2.05) is 73.7 Å². The van der Waals surface area contributed by atoms with Gasteiger partial charge in [0.2, 0.25) is 0 Å². The second-order valence-corrected chi connectivity index (χ2v) is 11.4. The number of hydrogen-bond acceptors (Lipinski definition) is 4. The van der Waals surface area contributed by atoms with E-state index in [1.165, 1.54) is 17.0 Å². The van der Waals surface area contributed by atoms with Gasteiger partial charge in [0.1, 0.15) is 6.54 Å². The van der Waals surface area contributed by atoms with Crippen LogP contribution in [0, 0.1) is 6.92 Å². The van der Waals surface area contributed by atoms with Gasteiger partial charge in [-0.25, -0.2) is 8.42 Å². The van der Waals surface area contributed by atoms with Crippen LogP contribution in [0.5, 0.6) is 0 Å².